The zero-order valence-electron chi connectivity index (χ0n) is 11.9. The Hall–Kier alpha value is -0.610. The van der Waals surface area contributed by atoms with Gasteiger partial charge in [0.15, 0.2) is 0 Å². The molecule has 2 aliphatic rings. The number of carbonyl (C=O) groups is 1. The lowest BCUT2D eigenvalue weighted by Crippen LogP contribution is -2.34. The smallest absolute Gasteiger partial charge is 0.220 e. The maximum atomic E-state index is 11.9. The van der Waals surface area contributed by atoms with Gasteiger partial charge < -0.3 is 15.8 Å². The van der Waals surface area contributed by atoms with Crippen molar-refractivity contribution in [1.29, 1.82) is 0 Å². The first-order valence-corrected chi connectivity index (χ1v) is 7.82. The second-order valence-electron chi connectivity index (χ2n) is 6.21. The number of hydrogen-bond donors (Lipinski definition) is 2. The zero-order valence-corrected chi connectivity index (χ0v) is 11.9. The molecule has 4 heteroatoms. The Morgan fingerprint density at radius 3 is 2.47 bits per heavy atom. The van der Waals surface area contributed by atoms with Crippen molar-refractivity contribution >= 4 is 5.91 Å². The van der Waals surface area contributed by atoms with E-state index in [4.69, 9.17) is 10.5 Å². The van der Waals surface area contributed by atoms with E-state index in [0.29, 0.717) is 24.2 Å². The highest BCUT2D eigenvalue weighted by Crippen LogP contribution is 2.30. The number of carbonyl (C=O) groups excluding carboxylic acids is 1. The molecule has 2 rings (SSSR count). The number of nitrogens with one attached hydrogen (secondary N) is 1. The minimum absolute atomic E-state index is 0.224. The Kier molecular flexibility index (Phi) is 6.11. The molecule has 1 aliphatic heterocycles. The maximum absolute atomic E-state index is 11.9. The summed E-state index contributed by atoms with van der Waals surface area (Å²) >= 11 is 0. The Morgan fingerprint density at radius 2 is 1.84 bits per heavy atom. The lowest BCUT2D eigenvalue weighted by atomic mass is 9.80. The van der Waals surface area contributed by atoms with Gasteiger partial charge in [-0.25, -0.2) is 0 Å². The van der Waals surface area contributed by atoms with Crippen LogP contribution in [0.25, 0.3) is 0 Å². The van der Waals surface area contributed by atoms with Crippen LogP contribution in [0.2, 0.25) is 0 Å². The minimum atomic E-state index is 0.224. The molecule has 0 bridgehead atoms. The van der Waals surface area contributed by atoms with Crippen LogP contribution in [0.15, 0.2) is 0 Å². The second kappa shape index (κ2) is 7.85. The topological polar surface area (TPSA) is 64.4 Å². The average Bonchev–Trinajstić information content (AvgIpc) is 2.47. The van der Waals surface area contributed by atoms with Gasteiger partial charge >= 0.3 is 0 Å². The predicted molar refractivity (Wildman–Crippen MR) is 75.7 cm³/mol. The van der Waals surface area contributed by atoms with Crippen LogP contribution < -0.4 is 11.1 Å². The summed E-state index contributed by atoms with van der Waals surface area (Å²) in [6.07, 6.45) is 7.75. The SMILES string of the molecule is NCC1CCC(CC(=O)NCC2CCCOC2)CC1. The van der Waals surface area contributed by atoms with Gasteiger partial charge in [-0.3, -0.25) is 4.79 Å². The molecule has 19 heavy (non-hydrogen) atoms. The molecule has 1 atom stereocenters. The first-order chi connectivity index (χ1) is 9.28. The molecule has 0 radical (unpaired) electrons. The van der Waals surface area contributed by atoms with Crippen molar-refractivity contribution in [2.45, 2.75) is 44.9 Å². The van der Waals surface area contributed by atoms with E-state index in [1.54, 1.807) is 0 Å². The number of rotatable bonds is 5. The van der Waals surface area contributed by atoms with E-state index < -0.39 is 0 Å². The van der Waals surface area contributed by atoms with Gasteiger partial charge in [-0.2, -0.15) is 0 Å². The standard InChI is InChI=1S/C15H28N2O2/c16-9-13-5-3-12(4-6-13)8-15(18)17-10-14-2-1-7-19-11-14/h12-14H,1-11,16H2,(H,17,18). The second-order valence-corrected chi connectivity index (χ2v) is 6.21. The summed E-state index contributed by atoms with van der Waals surface area (Å²) in [4.78, 5) is 11.9. The van der Waals surface area contributed by atoms with Crippen molar-refractivity contribution in [3.63, 3.8) is 0 Å². The maximum Gasteiger partial charge on any atom is 0.220 e. The molecule has 1 heterocycles. The van der Waals surface area contributed by atoms with Gasteiger partial charge in [0, 0.05) is 19.6 Å². The van der Waals surface area contributed by atoms with E-state index in [0.717, 1.165) is 32.7 Å². The third-order valence-electron chi connectivity index (χ3n) is 4.62. The summed E-state index contributed by atoms with van der Waals surface area (Å²) < 4.78 is 5.43. The number of ether oxygens (including phenoxy) is 1. The number of amides is 1. The lowest BCUT2D eigenvalue weighted by molar-refractivity contribution is -0.122. The summed E-state index contributed by atoms with van der Waals surface area (Å²) in [6.45, 7) is 3.29. The third kappa shape index (κ3) is 5.11. The molecule has 110 valence electrons. The first-order valence-electron chi connectivity index (χ1n) is 7.82. The highest BCUT2D eigenvalue weighted by Gasteiger charge is 2.22. The van der Waals surface area contributed by atoms with Crippen molar-refractivity contribution < 1.29 is 9.53 Å². The van der Waals surface area contributed by atoms with E-state index >= 15 is 0 Å². The van der Waals surface area contributed by atoms with Crippen LogP contribution in [-0.2, 0) is 9.53 Å². The van der Waals surface area contributed by atoms with Gasteiger partial charge in [-0.1, -0.05) is 0 Å². The van der Waals surface area contributed by atoms with Crippen LogP contribution in [0.4, 0.5) is 0 Å². The summed E-state index contributed by atoms with van der Waals surface area (Å²) in [5, 5.41) is 3.08. The molecule has 0 aromatic carbocycles. The quantitative estimate of drug-likeness (QED) is 0.797. The molecule has 4 nitrogen and oxygen atoms in total. The third-order valence-corrected chi connectivity index (χ3v) is 4.62. The van der Waals surface area contributed by atoms with Gasteiger partial charge in [0.25, 0.3) is 0 Å². The lowest BCUT2D eigenvalue weighted by Gasteiger charge is -2.27. The highest BCUT2D eigenvalue weighted by molar-refractivity contribution is 5.76. The zero-order chi connectivity index (χ0) is 13.5. The van der Waals surface area contributed by atoms with Crippen molar-refractivity contribution in [3.8, 4) is 0 Å². The first kappa shape index (κ1) is 14.8. The van der Waals surface area contributed by atoms with Gasteiger partial charge in [0.05, 0.1) is 6.61 Å². The highest BCUT2D eigenvalue weighted by atomic mass is 16.5. The van der Waals surface area contributed by atoms with Crippen LogP contribution in [0.3, 0.4) is 0 Å². The molecule has 1 amide bonds. The number of hydrogen-bond acceptors (Lipinski definition) is 3. The monoisotopic (exact) mass is 268 g/mol. The average molecular weight is 268 g/mol. The fourth-order valence-electron chi connectivity index (χ4n) is 3.23. The van der Waals surface area contributed by atoms with Crippen LogP contribution in [-0.4, -0.2) is 32.2 Å². The molecule has 3 N–H and O–H groups in total. The van der Waals surface area contributed by atoms with E-state index in [2.05, 4.69) is 5.32 Å². The van der Waals surface area contributed by atoms with Gasteiger partial charge in [-0.05, 0) is 62.8 Å². The fraction of sp³-hybridized carbons (Fsp3) is 0.933. The molecule has 1 aliphatic carbocycles. The van der Waals surface area contributed by atoms with Crippen LogP contribution >= 0.6 is 0 Å². The molecule has 2 fully saturated rings. The molecular formula is C15H28N2O2. The summed E-state index contributed by atoms with van der Waals surface area (Å²) in [7, 11) is 0. The van der Waals surface area contributed by atoms with Crippen LogP contribution in [0.5, 0.6) is 0 Å². The Labute approximate surface area is 116 Å². The van der Waals surface area contributed by atoms with Crippen LogP contribution in [0.1, 0.15) is 44.9 Å². The minimum Gasteiger partial charge on any atom is -0.381 e. The largest absolute Gasteiger partial charge is 0.381 e. The van der Waals surface area contributed by atoms with Gasteiger partial charge in [0.2, 0.25) is 5.91 Å². The van der Waals surface area contributed by atoms with Crippen molar-refractivity contribution in [2.24, 2.45) is 23.5 Å². The molecule has 1 saturated carbocycles. The van der Waals surface area contributed by atoms with Gasteiger partial charge in [-0.15, -0.1) is 0 Å². The molecular weight excluding hydrogens is 240 g/mol. The van der Waals surface area contributed by atoms with E-state index in [-0.39, 0.29) is 5.91 Å². The van der Waals surface area contributed by atoms with E-state index in [1.807, 2.05) is 0 Å². The van der Waals surface area contributed by atoms with Crippen molar-refractivity contribution in [1.82, 2.24) is 5.32 Å². The molecule has 1 unspecified atom stereocenters. The molecule has 1 saturated heterocycles. The summed E-state index contributed by atoms with van der Waals surface area (Å²) in [5.74, 6) is 2.01. The van der Waals surface area contributed by atoms with Crippen molar-refractivity contribution in [3.05, 3.63) is 0 Å². The Bertz CT molecular complexity index is 269. The van der Waals surface area contributed by atoms with E-state index in [1.165, 1.54) is 32.1 Å². The fourth-order valence-corrected chi connectivity index (χ4v) is 3.23. The Morgan fingerprint density at radius 1 is 1.11 bits per heavy atom. The summed E-state index contributed by atoms with van der Waals surface area (Å²) in [6, 6.07) is 0. The van der Waals surface area contributed by atoms with Gasteiger partial charge in [0.1, 0.15) is 0 Å². The molecule has 0 aromatic rings. The Balaban J connectivity index is 1.59. The normalized spacial score (nSPS) is 31.9. The van der Waals surface area contributed by atoms with Crippen molar-refractivity contribution in [2.75, 3.05) is 26.3 Å². The van der Waals surface area contributed by atoms with E-state index in [9.17, 15) is 4.79 Å². The van der Waals surface area contributed by atoms with Crippen LogP contribution in [0, 0.1) is 17.8 Å². The predicted octanol–water partition coefficient (Wildman–Crippen LogP) is 1.68. The molecule has 0 spiro atoms. The molecule has 0 aromatic heterocycles. The summed E-state index contributed by atoms with van der Waals surface area (Å²) in [5.41, 5.74) is 5.69. The number of nitrogens with two attached hydrogens (primary N) is 1.